The van der Waals surface area contributed by atoms with E-state index >= 15 is 0 Å². The zero-order valence-corrected chi connectivity index (χ0v) is 10.00. The highest BCUT2D eigenvalue weighted by atomic mass is 15.1. The van der Waals surface area contributed by atoms with Gasteiger partial charge in [0.05, 0.1) is 0 Å². The second-order valence-corrected chi connectivity index (χ2v) is 5.31. The molecule has 0 aromatic heterocycles. The molecule has 1 aromatic rings. The van der Waals surface area contributed by atoms with Crippen molar-refractivity contribution in [1.29, 1.82) is 0 Å². The summed E-state index contributed by atoms with van der Waals surface area (Å²) in [5.74, 6) is 0.987. The number of hydrogen-bond donors (Lipinski definition) is 1. The molecule has 1 aliphatic carbocycles. The van der Waals surface area contributed by atoms with Crippen LogP contribution in [0.25, 0.3) is 0 Å². The van der Waals surface area contributed by atoms with Gasteiger partial charge in [0, 0.05) is 25.3 Å². The summed E-state index contributed by atoms with van der Waals surface area (Å²) < 4.78 is 0. The van der Waals surface area contributed by atoms with Crippen LogP contribution in [-0.4, -0.2) is 25.0 Å². The molecule has 1 N–H and O–H groups in total. The first-order valence-corrected chi connectivity index (χ1v) is 6.35. The van der Waals surface area contributed by atoms with Gasteiger partial charge in [0.25, 0.3) is 0 Å². The summed E-state index contributed by atoms with van der Waals surface area (Å²) in [6, 6.07) is 6.88. The smallest absolute Gasteiger partial charge is 0.0373 e. The summed E-state index contributed by atoms with van der Waals surface area (Å²) in [6.07, 6.45) is 4.08. The lowest BCUT2D eigenvalue weighted by atomic mass is 10.1. The molecule has 0 atom stereocenters. The van der Waals surface area contributed by atoms with E-state index in [-0.39, 0.29) is 0 Å². The summed E-state index contributed by atoms with van der Waals surface area (Å²) >= 11 is 0. The minimum atomic E-state index is 0.987. The highest BCUT2D eigenvalue weighted by Gasteiger charge is 2.22. The van der Waals surface area contributed by atoms with Crippen molar-refractivity contribution < 1.29 is 0 Å². The van der Waals surface area contributed by atoms with E-state index in [0.29, 0.717) is 0 Å². The predicted octanol–water partition coefficient (Wildman–Crippen LogP) is 2.50. The Hall–Kier alpha value is -1.02. The monoisotopic (exact) mass is 216 g/mol. The molecule has 2 aliphatic rings. The molecule has 1 aromatic carbocycles. The summed E-state index contributed by atoms with van der Waals surface area (Å²) in [7, 11) is 2.24. The highest BCUT2D eigenvalue weighted by Crippen LogP contribution is 2.30. The van der Waals surface area contributed by atoms with Gasteiger partial charge in [-0.3, -0.25) is 0 Å². The van der Waals surface area contributed by atoms with Gasteiger partial charge >= 0.3 is 0 Å². The van der Waals surface area contributed by atoms with E-state index in [0.717, 1.165) is 19.0 Å². The van der Waals surface area contributed by atoms with Gasteiger partial charge in [0.15, 0.2) is 0 Å². The number of rotatable bonds is 4. The fourth-order valence-electron chi connectivity index (χ4n) is 2.57. The van der Waals surface area contributed by atoms with E-state index in [2.05, 4.69) is 35.5 Å². The minimum Gasteiger partial charge on any atom is -0.384 e. The molecule has 2 nitrogen and oxygen atoms in total. The summed E-state index contributed by atoms with van der Waals surface area (Å²) in [4.78, 5) is 2.46. The lowest BCUT2D eigenvalue weighted by molar-refractivity contribution is 0.313. The van der Waals surface area contributed by atoms with Crippen molar-refractivity contribution in [2.75, 3.05) is 25.5 Å². The van der Waals surface area contributed by atoms with Crippen molar-refractivity contribution >= 4 is 5.69 Å². The number of hydrogen-bond acceptors (Lipinski definition) is 2. The Labute approximate surface area is 97.6 Å². The van der Waals surface area contributed by atoms with Gasteiger partial charge in [-0.1, -0.05) is 12.1 Å². The molecule has 86 valence electrons. The van der Waals surface area contributed by atoms with Crippen molar-refractivity contribution in [2.45, 2.75) is 25.8 Å². The van der Waals surface area contributed by atoms with Gasteiger partial charge in [0.1, 0.15) is 0 Å². The van der Waals surface area contributed by atoms with E-state index in [1.807, 2.05) is 0 Å². The highest BCUT2D eigenvalue weighted by molar-refractivity contribution is 5.56. The third kappa shape index (κ3) is 2.22. The van der Waals surface area contributed by atoms with Crippen LogP contribution in [0, 0.1) is 5.92 Å². The molecule has 0 spiro atoms. The molecule has 16 heavy (non-hydrogen) atoms. The Morgan fingerprint density at radius 2 is 2.25 bits per heavy atom. The molecule has 0 amide bonds. The second kappa shape index (κ2) is 4.10. The van der Waals surface area contributed by atoms with Gasteiger partial charge in [0.2, 0.25) is 0 Å². The quantitative estimate of drug-likeness (QED) is 0.832. The fraction of sp³-hybridized carbons (Fsp3) is 0.571. The van der Waals surface area contributed by atoms with Crippen LogP contribution in [0.2, 0.25) is 0 Å². The van der Waals surface area contributed by atoms with Gasteiger partial charge in [-0.15, -0.1) is 0 Å². The lowest BCUT2D eigenvalue weighted by Crippen LogP contribution is -2.20. The van der Waals surface area contributed by atoms with Crippen molar-refractivity contribution in [1.82, 2.24) is 4.90 Å². The largest absolute Gasteiger partial charge is 0.384 e. The van der Waals surface area contributed by atoms with Crippen LogP contribution in [0.1, 0.15) is 24.0 Å². The van der Waals surface area contributed by atoms with Crippen molar-refractivity contribution in [3.63, 3.8) is 0 Å². The van der Waals surface area contributed by atoms with Crippen molar-refractivity contribution in [3.8, 4) is 0 Å². The molecule has 1 heterocycles. The van der Waals surface area contributed by atoms with Crippen LogP contribution in [0.4, 0.5) is 5.69 Å². The molecule has 3 rings (SSSR count). The van der Waals surface area contributed by atoms with Crippen LogP contribution in [0.5, 0.6) is 0 Å². The maximum Gasteiger partial charge on any atom is 0.0373 e. The van der Waals surface area contributed by atoms with Crippen LogP contribution in [0.3, 0.4) is 0 Å². The molecular weight excluding hydrogens is 196 g/mol. The topological polar surface area (TPSA) is 15.3 Å². The zero-order valence-electron chi connectivity index (χ0n) is 10.00. The summed E-state index contributed by atoms with van der Waals surface area (Å²) in [6.45, 7) is 3.48. The first kappa shape index (κ1) is 10.2. The number of fused-ring (bicyclic) bond motifs is 1. The average molecular weight is 216 g/mol. The van der Waals surface area contributed by atoms with Crippen molar-refractivity contribution in [2.24, 2.45) is 5.92 Å². The van der Waals surface area contributed by atoms with Gasteiger partial charge in [-0.05, 0) is 49.4 Å². The normalized spacial score (nSPS) is 18.6. The van der Waals surface area contributed by atoms with Gasteiger partial charge in [-0.25, -0.2) is 0 Å². The maximum absolute atomic E-state index is 3.41. The Morgan fingerprint density at radius 1 is 1.38 bits per heavy atom. The van der Waals surface area contributed by atoms with E-state index in [1.165, 1.54) is 42.6 Å². The Bertz CT molecular complexity index is 382. The Morgan fingerprint density at radius 3 is 3.06 bits per heavy atom. The summed E-state index contributed by atoms with van der Waals surface area (Å²) in [5.41, 5.74) is 4.30. The first-order valence-electron chi connectivity index (χ1n) is 6.35. The Kier molecular flexibility index (Phi) is 2.60. The molecule has 2 heteroatoms. The van der Waals surface area contributed by atoms with Crippen LogP contribution in [0.15, 0.2) is 18.2 Å². The van der Waals surface area contributed by atoms with Crippen LogP contribution < -0.4 is 5.32 Å². The third-order valence-electron chi connectivity index (χ3n) is 3.60. The third-order valence-corrected chi connectivity index (χ3v) is 3.60. The maximum atomic E-state index is 3.41. The number of nitrogens with one attached hydrogen (secondary N) is 1. The number of benzene rings is 1. The molecule has 0 saturated heterocycles. The molecule has 0 radical (unpaired) electrons. The minimum absolute atomic E-state index is 0.987. The molecular formula is C14H20N2. The predicted molar refractivity (Wildman–Crippen MR) is 67.7 cm³/mol. The van der Waals surface area contributed by atoms with Crippen molar-refractivity contribution in [3.05, 3.63) is 29.3 Å². The van der Waals surface area contributed by atoms with Crippen LogP contribution in [-0.2, 0) is 13.0 Å². The van der Waals surface area contributed by atoms with E-state index < -0.39 is 0 Å². The van der Waals surface area contributed by atoms with E-state index in [9.17, 15) is 0 Å². The van der Waals surface area contributed by atoms with E-state index in [4.69, 9.17) is 0 Å². The van der Waals surface area contributed by atoms with Gasteiger partial charge in [-0.2, -0.15) is 0 Å². The fourth-order valence-corrected chi connectivity index (χ4v) is 2.57. The van der Waals surface area contributed by atoms with Gasteiger partial charge < -0.3 is 10.2 Å². The molecule has 0 unspecified atom stereocenters. The molecule has 1 saturated carbocycles. The number of nitrogens with zero attached hydrogens (tertiary/aromatic N) is 1. The second-order valence-electron chi connectivity index (χ2n) is 5.31. The molecule has 0 bridgehead atoms. The molecule has 1 aliphatic heterocycles. The first-order chi connectivity index (χ1) is 7.81. The SMILES string of the molecule is CN(Cc1ccc2c(c1)CCN2)CC1CC1. The lowest BCUT2D eigenvalue weighted by Gasteiger charge is -2.16. The Balaban J connectivity index is 1.64. The standard InChI is InChI=1S/C14H20N2/c1-16(9-11-2-3-11)10-12-4-5-14-13(8-12)6-7-15-14/h4-5,8,11,15H,2-3,6-7,9-10H2,1H3. The number of anilines is 1. The zero-order chi connectivity index (χ0) is 11.0. The molecule has 1 fully saturated rings. The summed E-state index contributed by atoms with van der Waals surface area (Å²) in [5, 5.41) is 3.41. The van der Waals surface area contributed by atoms with Crippen LogP contribution >= 0.6 is 0 Å². The van der Waals surface area contributed by atoms with E-state index in [1.54, 1.807) is 0 Å². The average Bonchev–Trinajstić information content (AvgIpc) is 2.95.